The lowest BCUT2D eigenvalue weighted by Gasteiger charge is -2.25. The van der Waals surface area contributed by atoms with Gasteiger partial charge >= 0.3 is 12.3 Å². The summed E-state index contributed by atoms with van der Waals surface area (Å²) in [5.74, 6) is -4.05. The van der Waals surface area contributed by atoms with Gasteiger partial charge in [-0.05, 0) is 31.0 Å². The van der Waals surface area contributed by atoms with Crippen LogP contribution in [0.25, 0.3) is 0 Å². The Balaban J connectivity index is 3.04. The molecule has 0 saturated heterocycles. The Bertz CT molecular complexity index is 324. The van der Waals surface area contributed by atoms with E-state index in [9.17, 15) is 17.6 Å². The minimum atomic E-state index is -4.05. The number of alkyl halides is 4. The highest BCUT2D eigenvalue weighted by Gasteiger charge is 2.49. The van der Waals surface area contributed by atoms with Crippen molar-refractivity contribution in [2.75, 3.05) is 7.05 Å². The van der Waals surface area contributed by atoms with Crippen molar-refractivity contribution in [3.05, 3.63) is 21.9 Å². The standard InChI is InChI=1S/C9H11F4NS/c1-5-3-4-15-6(5)7(14-2)9(12,13)8(10)11/h3-4,7-8,14H,1-2H3. The summed E-state index contributed by atoms with van der Waals surface area (Å²) in [6.07, 6.45) is -3.67. The molecule has 1 aromatic heterocycles. The minimum Gasteiger partial charge on any atom is -0.307 e. The van der Waals surface area contributed by atoms with Gasteiger partial charge in [-0.2, -0.15) is 8.78 Å². The minimum absolute atomic E-state index is 0.253. The summed E-state index contributed by atoms with van der Waals surface area (Å²) in [4.78, 5) is 0.253. The van der Waals surface area contributed by atoms with E-state index in [4.69, 9.17) is 0 Å². The maximum Gasteiger partial charge on any atom is 0.327 e. The summed E-state index contributed by atoms with van der Waals surface area (Å²) in [6, 6.07) is 0.00353. The van der Waals surface area contributed by atoms with Crippen LogP contribution in [0, 0.1) is 6.92 Å². The summed E-state index contributed by atoms with van der Waals surface area (Å²) in [6.45, 7) is 1.62. The molecule has 86 valence electrons. The molecular weight excluding hydrogens is 230 g/mol. The van der Waals surface area contributed by atoms with Crippen molar-refractivity contribution in [3.8, 4) is 0 Å². The molecule has 1 atom stereocenters. The van der Waals surface area contributed by atoms with Crippen LogP contribution in [0.4, 0.5) is 17.6 Å². The number of hydrogen-bond acceptors (Lipinski definition) is 2. The van der Waals surface area contributed by atoms with Crippen LogP contribution in [0.15, 0.2) is 11.4 Å². The molecule has 0 aliphatic heterocycles. The summed E-state index contributed by atoms with van der Waals surface area (Å²) >= 11 is 1.05. The van der Waals surface area contributed by atoms with Crippen molar-refractivity contribution in [1.29, 1.82) is 0 Å². The Morgan fingerprint density at radius 3 is 2.33 bits per heavy atom. The molecule has 15 heavy (non-hydrogen) atoms. The molecule has 6 heteroatoms. The first-order chi connectivity index (χ1) is 6.91. The highest BCUT2D eigenvalue weighted by molar-refractivity contribution is 7.10. The highest BCUT2D eigenvalue weighted by Crippen LogP contribution is 2.39. The molecule has 0 aliphatic carbocycles. The van der Waals surface area contributed by atoms with Crippen LogP contribution in [-0.4, -0.2) is 19.4 Å². The molecule has 1 heterocycles. The van der Waals surface area contributed by atoms with Crippen LogP contribution in [0.3, 0.4) is 0 Å². The van der Waals surface area contributed by atoms with Crippen molar-refractivity contribution >= 4 is 11.3 Å². The van der Waals surface area contributed by atoms with Gasteiger partial charge in [0.1, 0.15) is 6.04 Å². The molecule has 0 fully saturated rings. The van der Waals surface area contributed by atoms with Crippen molar-refractivity contribution in [1.82, 2.24) is 5.32 Å². The normalized spacial score (nSPS) is 14.6. The number of rotatable bonds is 4. The van der Waals surface area contributed by atoms with E-state index >= 15 is 0 Å². The molecule has 1 nitrogen and oxygen atoms in total. The third-order valence-electron chi connectivity index (χ3n) is 2.13. The van der Waals surface area contributed by atoms with Gasteiger partial charge in [-0.3, -0.25) is 0 Å². The molecule has 0 aromatic carbocycles. The quantitative estimate of drug-likeness (QED) is 0.798. The Morgan fingerprint density at radius 1 is 1.40 bits per heavy atom. The van der Waals surface area contributed by atoms with Gasteiger partial charge in [-0.1, -0.05) is 0 Å². The summed E-state index contributed by atoms with van der Waals surface area (Å²) in [7, 11) is 1.25. The first-order valence-corrected chi connectivity index (χ1v) is 5.16. The molecule has 0 amide bonds. The first-order valence-electron chi connectivity index (χ1n) is 4.28. The Kier molecular flexibility index (Phi) is 3.72. The fourth-order valence-corrected chi connectivity index (χ4v) is 2.39. The molecular formula is C9H11F4NS. The summed E-state index contributed by atoms with van der Waals surface area (Å²) in [5.41, 5.74) is 0.597. The van der Waals surface area contributed by atoms with Crippen molar-refractivity contribution in [3.63, 3.8) is 0 Å². The first kappa shape index (κ1) is 12.4. The van der Waals surface area contributed by atoms with E-state index < -0.39 is 18.4 Å². The maximum absolute atomic E-state index is 13.1. The third kappa shape index (κ3) is 2.31. The smallest absolute Gasteiger partial charge is 0.307 e. The second-order valence-electron chi connectivity index (χ2n) is 3.16. The second kappa shape index (κ2) is 4.49. The lowest BCUT2D eigenvalue weighted by molar-refractivity contribution is -0.149. The highest BCUT2D eigenvalue weighted by atomic mass is 32.1. The topological polar surface area (TPSA) is 12.0 Å². The van der Waals surface area contributed by atoms with Crippen LogP contribution in [0.1, 0.15) is 16.5 Å². The third-order valence-corrected chi connectivity index (χ3v) is 3.21. The van der Waals surface area contributed by atoms with Crippen LogP contribution < -0.4 is 5.32 Å². The Hall–Kier alpha value is -0.620. The zero-order valence-electron chi connectivity index (χ0n) is 8.23. The summed E-state index contributed by atoms with van der Waals surface area (Å²) < 4.78 is 50.7. The van der Waals surface area contributed by atoms with E-state index in [0.29, 0.717) is 5.56 Å². The SMILES string of the molecule is CNC(c1sccc1C)C(F)(F)C(F)F. The van der Waals surface area contributed by atoms with Gasteiger partial charge in [0.25, 0.3) is 0 Å². The molecule has 0 radical (unpaired) electrons. The Morgan fingerprint density at radius 2 is 2.00 bits per heavy atom. The predicted molar refractivity (Wildman–Crippen MR) is 51.8 cm³/mol. The van der Waals surface area contributed by atoms with Crippen LogP contribution >= 0.6 is 11.3 Å². The predicted octanol–water partition coefficient (Wildman–Crippen LogP) is 3.22. The number of nitrogens with one attached hydrogen (secondary N) is 1. The van der Waals surface area contributed by atoms with Crippen LogP contribution in [-0.2, 0) is 0 Å². The summed E-state index contributed by atoms with van der Waals surface area (Å²) in [5, 5.41) is 3.86. The van der Waals surface area contributed by atoms with Gasteiger partial charge in [-0.15, -0.1) is 11.3 Å². The van der Waals surface area contributed by atoms with E-state index in [1.54, 1.807) is 18.4 Å². The van der Waals surface area contributed by atoms with Crippen LogP contribution in [0.5, 0.6) is 0 Å². The van der Waals surface area contributed by atoms with E-state index in [1.165, 1.54) is 7.05 Å². The van der Waals surface area contributed by atoms with Crippen LogP contribution in [0.2, 0.25) is 0 Å². The van der Waals surface area contributed by atoms with Gasteiger partial charge < -0.3 is 5.32 Å². The number of aryl methyl sites for hydroxylation is 1. The molecule has 1 rings (SSSR count). The zero-order valence-corrected chi connectivity index (χ0v) is 9.05. The lowest BCUT2D eigenvalue weighted by atomic mass is 10.1. The van der Waals surface area contributed by atoms with Gasteiger partial charge in [0, 0.05) is 4.88 Å². The zero-order chi connectivity index (χ0) is 11.6. The molecule has 0 bridgehead atoms. The van der Waals surface area contributed by atoms with Gasteiger partial charge in [0.05, 0.1) is 0 Å². The van der Waals surface area contributed by atoms with E-state index in [2.05, 4.69) is 5.32 Å². The molecule has 0 saturated carbocycles. The maximum atomic E-state index is 13.1. The Labute approximate surface area is 89.1 Å². The van der Waals surface area contributed by atoms with Gasteiger partial charge in [-0.25, -0.2) is 8.78 Å². The number of thiophene rings is 1. The van der Waals surface area contributed by atoms with Crippen molar-refractivity contribution in [2.45, 2.75) is 25.3 Å². The van der Waals surface area contributed by atoms with Gasteiger partial charge in [0.2, 0.25) is 0 Å². The fourth-order valence-electron chi connectivity index (χ4n) is 1.30. The molecule has 1 aromatic rings. The second-order valence-corrected chi connectivity index (χ2v) is 4.11. The van der Waals surface area contributed by atoms with Gasteiger partial charge in [0.15, 0.2) is 0 Å². The fraction of sp³-hybridized carbons (Fsp3) is 0.556. The average Bonchev–Trinajstić information content (AvgIpc) is 2.53. The molecule has 0 spiro atoms. The van der Waals surface area contributed by atoms with Crippen molar-refractivity contribution in [2.24, 2.45) is 0 Å². The van der Waals surface area contributed by atoms with E-state index in [-0.39, 0.29) is 4.88 Å². The lowest BCUT2D eigenvalue weighted by Crippen LogP contribution is -2.41. The van der Waals surface area contributed by atoms with E-state index in [0.717, 1.165) is 11.3 Å². The van der Waals surface area contributed by atoms with Crippen molar-refractivity contribution < 1.29 is 17.6 Å². The molecule has 1 unspecified atom stereocenters. The molecule has 0 aliphatic rings. The average molecular weight is 241 g/mol. The number of halogens is 4. The largest absolute Gasteiger partial charge is 0.327 e. The number of hydrogen-bond donors (Lipinski definition) is 1. The monoisotopic (exact) mass is 241 g/mol. The molecule has 1 N–H and O–H groups in total. The van der Waals surface area contributed by atoms with E-state index in [1.807, 2.05) is 0 Å².